The van der Waals surface area contributed by atoms with Gasteiger partial charge >= 0.3 is 0 Å². The Morgan fingerprint density at radius 3 is 2.39 bits per heavy atom. The highest BCUT2D eigenvalue weighted by Gasteiger charge is 2.54. The van der Waals surface area contributed by atoms with Crippen molar-refractivity contribution in [1.82, 2.24) is 30.0 Å². The zero-order valence-corrected chi connectivity index (χ0v) is 33.8. The van der Waals surface area contributed by atoms with Crippen molar-refractivity contribution >= 4 is 71.6 Å². The van der Waals surface area contributed by atoms with E-state index in [0.29, 0.717) is 35.8 Å². The third kappa shape index (κ3) is 9.03. The molecule has 0 spiro atoms. The van der Waals surface area contributed by atoms with Gasteiger partial charge in [0, 0.05) is 37.6 Å². The van der Waals surface area contributed by atoms with E-state index < -0.39 is 17.0 Å². The smallest absolute Gasteiger partial charge is 0.249 e. The second kappa shape index (κ2) is 17.6. The van der Waals surface area contributed by atoms with E-state index in [2.05, 4.69) is 49.1 Å². The van der Waals surface area contributed by atoms with Gasteiger partial charge in [-0.3, -0.25) is 44.2 Å². The summed E-state index contributed by atoms with van der Waals surface area (Å²) in [4.78, 5) is 67.5. The number of carbonyl (C=O) groups excluding carboxylic acids is 4. The monoisotopic (exact) mass is 799 g/mol. The molecule has 0 aromatic carbocycles. The highest BCUT2D eigenvalue weighted by atomic mass is 35.5. The fourth-order valence-electron chi connectivity index (χ4n) is 8.76. The van der Waals surface area contributed by atoms with Gasteiger partial charge in [0.1, 0.15) is 11.6 Å². The van der Waals surface area contributed by atoms with Crippen LogP contribution < -0.4 is 15.5 Å². The average Bonchev–Trinajstić information content (AvgIpc) is 3.29. The zero-order valence-electron chi connectivity index (χ0n) is 31.3. The van der Waals surface area contributed by atoms with Crippen molar-refractivity contribution in [1.29, 1.82) is 5.26 Å². The van der Waals surface area contributed by atoms with Crippen LogP contribution in [-0.4, -0.2) is 104 Å². The van der Waals surface area contributed by atoms with Crippen LogP contribution in [0.5, 0.6) is 0 Å². The molecule has 3 aliphatic heterocycles. The van der Waals surface area contributed by atoms with Crippen LogP contribution in [0.3, 0.4) is 0 Å². The molecule has 54 heavy (non-hydrogen) atoms. The molecule has 1 saturated carbocycles. The number of piperazine rings is 1. The number of aromatic nitrogens is 2. The number of pyridine rings is 2. The van der Waals surface area contributed by atoms with Gasteiger partial charge in [0.15, 0.2) is 5.69 Å². The van der Waals surface area contributed by atoms with Gasteiger partial charge in [0.05, 0.1) is 52.5 Å². The summed E-state index contributed by atoms with van der Waals surface area (Å²) in [6.07, 6.45) is 10.4. The van der Waals surface area contributed by atoms with E-state index in [-0.39, 0.29) is 71.4 Å². The number of hydrogen-bond donors (Lipinski definition) is 3. The highest BCUT2D eigenvalue weighted by Crippen LogP contribution is 2.43. The lowest BCUT2D eigenvalue weighted by Gasteiger charge is -2.44. The SMILES string of the molecule is C[C@@H]1CN(CCCC2CCC(N3C(S)N(c4cnc(C#N)c(Cl)c4)C(=O)C3(C)C)CC2)C[C@H](C)N1CC(=O)Nc1ccc(C2CCC(=O)NC2=O)nc1.Cl. The van der Waals surface area contributed by atoms with Crippen LogP contribution in [0.2, 0.25) is 5.02 Å². The van der Waals surface area contributed by atoms with Crippen LogP contribution in [-0.2, 0) is 19.2 Å². The number of imide groups is 1. The number of thiol groups is 1. The maximum absolute atomic E-state index is 13.6. The molecule has 4 amide bonds. The molecule has 2 aromatic rings. The number of amides is 4. The van der Waals surface area contributed by atoms with Crippen molar-refractivity contribution in [2.24, 2.45) is 5.92 Å². The first kappa shape index (κ1) is 41.8. The summed E-state index contributed by atoms with van der Waals surface area (Å²) in [6, 6.07) is 7.77. The summed E-state index contributed by atoms with van der Waals surface area (Å²) in [5.41, 5.74) is 0.662. The average molecular weight is 801 g/mol. The molecule has 2 unspecified atom stereocenters. The van der Waals surface area contributed by atoms with Crippen LogP contribution >= 0.6 is 36.6 Å². The summed E-state index contributed by atoms with van der Waals surface area (Å²) >= 11 is 11.2. The number of rotatable bonds is 10. The first-order valence-corrected chi connectivity index (χ1v) is 19.6. The van der Waals surface area contributed by atoms with Crippen molar-refractivity contribution < 1.29 is 19.2 Å². The molecular weight excluding hydrogens is 749 g/mol. The number of hydrogen-bond acceptors (Lipinski definition) is 11. The molecule has 2 aromatic heterocycles. The van der Waals surface area contributed by atoms with E-state index in [4.69, 9.17) is 24.2 Å². The number of carbonyl (C=O) groups is 4. The highest BCUT2D eigenvalue weighted by molar-refractivity contribution is 7.81. The number of halogens is 2. The van der Waals surface area contributed by atoms with Crippen LogP contribution in [0.15, 0.2) is 30.6 Å². The van der Waals surface area contributed by atoms with E-state index in [1.165, 1.54) is 12.6 Å². The van der Waals surface area contributed by atoms with Gasteiger partial charge < -0.3 is 10.2 Å². The molecule has 2 N–H and O–H groups in total. The molecule has 4 fully saturated rings. The van der Waals surface area contributed by atoms with Crippen LogP contribution in [0, 0.1) is 17.2 Å². The van der Waals surface area contributed by atoms with E-state index in [9.17, 15) is 24.4 Å². The van der Waals surface area contributed by atoms with E-state index >= 15 is 0 Å². The van der Waals surface area contributed by atoms with Gasteiger partial charge in [-0.05, 0) is 103 Å². The standard InChI is InChI=1S/C38H50ClN9O4S.ClH/c1-23-20-45(21-24(2)46(23)22-34(50)43-26-9-13-31(41-18-26)29-12-14-33(49)44-35(29)51)15-5-6-25-7-10-27(11-8-25)48-37(53)47(36(52)38(48,3)4)28-16-30(39)32(17-40)42-19-28;/h9,13,16,18-19,23-25,27,29,37,53H,5-8,10-12,14-15,20-22H2,1-4H3,(H,43,50)(H,44,49,51);1H/t23-,24+,25?,27?,29?,37?;. The molecule has 5 heterocycles. The van der Waals surface area contributed by atoms with E-state index in [1.807, 2.05) is 19.9 Å². The van der Waals surface area contributed by atoms with Gasteiger partial charge in [0.25, 0.3) is 0 Å². The number of anilines is 2. The third-order valence-electron chi connectivity index (χ3n) is 11.5. The summed E-state index contributed by atoms with van der Waals surface area (Å²) in [5.74, 6) is -0.550. The van der Waals surface area contributed by atoms with Crippen LogP contribution in [0.25, 0.3) is 0 Å². The molecule has 3 saturated heterocycles. The normalized spacial score (nSPS) is 27.9. The number of nitrogens with zero attached hydrogens (tertiary/aromatic N) is 7. The lowest BCUT2D eigenvalue weighted by atomic mass is 9.81. The maximum atomic E-state index is 13.6. The zero-order chi connectivity index (χ0) is 38.0. The Bertz CT molecular complexity index is 1740. The van der Waals surface area contributed by atoms with Crippen molar-refractivity contribution in [3.05, 3.63) is 47.0 Å². The van der Waals surface area contributed by atoms with Gasteiger partial charge in [-0.2, -0.15) is 5.26 Å². The van der Waals surface area contributed by atoms with Gasteiger partial charge in [-0.25, -0.2) is 4.98 Å². The second-order valence-electron chi connectivity index (χ2n) is 15.6. The maximum Gasteiger partial charge on any atom is 0.249 e. The summed E-state index contributed by atoms with van der Waals surface area (Å²) in [7, 11) is 0. The van der Waals surface area contributed by atoms with Crippen molar-refractivity contribution in [2.45, 2.75) is 114 Å². The number of piperidine rings is 1. The summed E-state index contributed by atoms with van der Waals surface area (Å²) < 4.78 is 0. The quantitative estimate of drug-likeness (QED) is 0.222. The number of nitriles is 1. The Morgan fingerprint density at radius 2 is 1.78 bits per heavy atom. The van der Waals surface area contributed by atoms with Crippen molar-refractivity contribution in [2.75, 3.05) is 36.4 Å². The van der Waals surface area contributed by atoms with Crippen molar-refractivity contribution in [3.8, 4) is 6.07 Å². The second-order valence-corrected chi connectivity index (χ2v) is 16.5. The molecule has 0 radical (unpaired) electrons. The van der Waals surface area contributed by atoms with Gasteiger partial charge in [-0.1, -0.05) is 11.6 Å². The predicted octanol–water partition coefficient (Wildman–Crippen LogP) is 4.96. The Kier molecular flexibility index (Phi) is 13.7. The molecule has 13 nitrogen and oxygen atoms in total. The van der Waals surface area contributed by atoms with E-state index in [1.54, 1.807) is 29.3 Å². The molecule has 0 bridgehead atoms. The fraction of sp³-hybridized carbons (Fsp3) is 0.605. The van der Waals surface area contributed by atoms with E-state index in [0.717, 1.165) is 51.7 Å². The fourth-order valence-corrected chi connectivity index (χ4v) is 9.68. The third-order valence-corrected chi connectivity index (χ3v) is 12.3. The first-order valence-electron chi connectivity index (χ1n) is 18.7. The van der Waals surface area contributed by atoms with Crippen LogP contribution in [0.4, 0.5) is 11.4 Å². The number of nitrogens with one attached hydrogen (secondary N) is 2. The molecule has 4 atom stereocenters. The summed E-state index contributed by atoms with van der Waals surface area (Å²) in [5, 5.41) is 14.8. The Labute approximate surface area is 334 Å². The summed E-state index contributed by atoms with van der Waals surface area (Å²) in [6.45, 7) is 11.4. The topological polar surface area (TPSA) is 155 Å². The molecule has 292 valence electrons. The lowest BCUT2D eigenvalue weighted by Crippen LogP contribution is -2.58. The predicted molar refractivity (Wildman–Crippen MR) is 212 cm³/mol. The Morgan fingerprint density at radius 1 is 1.07 bits per heavy atom. The minimum absolute atomic E-state index is 0. The molecule has 1 aliphatic carbocycles. The Hall–Kier alpha value is -3.32. The molecular formula is C38H51Cl2N9O4S. The minimum Gasteiger partial charge on any atom is -0.324 e. The first-order chi connectivity index (χ1) is 25.3. The van der Waals surface area contributed by atoms with Gasteiger partial charge in [0.2, 0.25) is 23.6 Å². The minimum atomic E-state index is -0.733. The van der Waals surface area contributed by atoms with Gasteiger partial charge in [-0.15, -0.1) is 25.0 Å². The molecule has 4 aliphatic rings. The van der Waals surface area contributed by atoms with Crippen LogP contribution in [0.1, 0.15) is 96.4 Å². The van der Waals surface area contributed by atoms with Crippen molar-refractivity contribution in [3.63, 3.8) is 0 Å². The molecule has 6 rings (SSSR count). The largest absolute Gasteiger partial charge is 0.324 e. The lowest BCUT2D eigenvalue weighted by molar-refractivity contribution is -0.134. The molecule has 16 heteroatoms. The Balaban J connectivity index is 0.00000561.